The van der Waals surface area contributed by atoms with Crippen molar-refractivity contribution >= 4 is 15.9 Å². The van der Waals surface area contributed by atoms with E-state index >= 15 is 0 Å². The summed E-state index contributed by atoms with van der Waals surface area (Å²) in [5.74, 6) is 0. The van der Waals surface area contributed by atoms with E-state index in [2.05, 4.69) is 46.4 Å². The predicted molar refractivity (Wildman–Crippen MR) is 65.2 cm³/mol. The summed E-state index contributed by atoms with van der Waals surface area (Å²) < 4.78 is 6.60. The Morgan fingerprint density at radius 1 is 1.53 bits per heavy atom. The van der Waals surface area contributed by atoms with Gasteiger partial charge in [0.15, 0.2) is 0 Å². The van der Waals surface area contributed by atoms with Crippen molar-refractivity contribution in [1.82, 2.24) is 5.32 Å². The molecule has 1 aromatic carbocycles. The Bertz CT molecular complexity index is 334. The second-order valence-corrected chi connectivity index (χ2v) is 4.92. The van der Waals surface area contributed by atoms with Gasteiger partial charge in [-0.2, -0.15) is 0 Å². The average molecular weight is 270 g/mol. The molecule has 82 valence electrons. The molecule has 15 heavy (non-hydrogen) atoms. The van der Waals surface area contributed by atoms with Crippen LogP contribution in [0.2, 0.25) is 0 Å². The van der Waals surface area contributed by atoms with Crippen molar-refractivity contribution in [1.29, 1.82) is 0 Å². The van der Waals surface area contributed by atoms with Crippen LogP contribution < -0.4 is 5.32 Å². The zero-order chi connectivity index (χ0) is 10.7. The lowest BCUT2D eigenvalue weighted by molar-refractivity contribution is 0.0769. The Morgan fingerprint density at radius 3 is 3.13 bits per heavy atom. The van der Waals surface area contributed by atoms with Gasteiger partial charge in [0, 0.05) is 17.1 Å². The molecule has 1 N–H and O–H groups in total. The van der Waals surface area contributed by atoms with E-state index < -0.39 is 0 Å². The van der Waals surface area contributed by atoms with Crippen molar-refractivity contribution in [3.63, 3.8) is 0 Å². The Kier molecular flexibility index (Phi) is 3.78. The number of ether oxygens (including phenoxy) is 1. The summed E-state index contributed by atoms with van der Waals surface area (Å²) in [6.45, 7) is 4.79. The highest BCUT2D eigenvalue weighted by Crippen LogP contribution is 2.18. The molecule has 1 unspecified atom stereocenters. The first-order chi connectivity index (χ1) is 7.25. The minimum Gasteiger partial charge on any atom is -0.379 e. The average Bonchev–Trinajstić information content (AvgIpc) is 2.25. The lowest BCUT2D eigenvalue weighted by atomic mass is 10.0. The number of benzene rings is 1. The van der Waals surface area contributed by atoms with Crippen LogP contribution in [0.3, 0.4) is 0 Å². The van der Waals surface area contributed by atoms with Crippen molar-refractivity contribution < 1.29 is 4.74 Å². The van der Waals surface area contributed by atoms with Crippen LogP contribution in [0.4, 0.5) is 0 Å². The van der Waals surface area contributed by atoms with Gasteiger partial charge >= 0.3 is 0 Å². The lowest BCUT2D eigenvalue weighted by Crippen LogP contribution is -2.42. The molecule has 0 amide bonds. The summed E-state index contributed by atoms with van der Waals surface area (Å²) in [6.07, 6.45) is 1.05. The summed E-state index contributed by atoms with van der Waals surface area (Å²) in [7, 11) is 0. The molecule has 3 heteroatoms. The van der Waals surface area contributed by atoms with Gasteiger partial charge in [-0.1, -0.05) is 22.0 Å². The van der Waals surface area contributed by atoms with Gasteiger partial charge in [-0.15, -0.1) is 0 Å². The topological polar surface area (TPSA) is 21.3 Å². The first-order valence-electron chi connectivity index (χ1n) is 5.32. The molecule has 0 saturated carbocycles. The largest absolute Gasteiger partial charge is 0.379 e. The van der Waals surface area contributed by atoms with Gasteiger partial charge in [0.2, 0.25) is 0 Å². The predicted octanol–water partition coefficient (Wildman–Crippen LogP) is 2.29. The first-order valence-corrected chi connectivity index (χ1v) is 6.11. The number of morpholine rings is 1. The maximum absolute atomic E-state index is 5.45. The van der Waals surface area contributed by atoms with Crippen LogP contribution in [-0.4, -0.2) is 25.8 Å². The highest BCUT2D eigenvalue weighted by Gasteiger charge is 2.14. The van der Waals surface area contributed by atoms with E-state index in [-0.39, 0.29) is 0 Å². The van der Waals surface area contributed by atoms with Crippen LogP contribution in [0, 0.1) is 6.92 Å². The molecular formula is C12H16BrNO. The highest BCUT2D eigenvalue weighted by molar-refractivity contribution is 9.10. The smallest absolute Gasteiger partial charge is 0.0623 e. The zero-order valence-electron chi connectivity index (χ0n) is 8.92. The quantitative estimate of drug-likeness (QED) is 0.890. The maximum atomic E-state index is 5.45. The second-order valence-electron chi connectivity index (χ2n) is 4.00. The van der Waals surface area contributed by atoms with Crippen LogP contribution in [0.5, 0.6) is 0 Å². The molecule has 1 atom stereocenters. The Labute approximate surface area is 99.1 Å². The second kappa shape index (κ2) is 5.10. The highest BCUT2D eigenvalue weighted by atomic mass is 79.9. The number of nitrogens with one attached hydrogen (secondary N) is 1. The van der Waals surface area contributed by atoms with Crippen LogP contribution in [0.1, 0.15) is 11.1 Å². The molecule has 1 aromatic rings. The number of hydrogen-bond acceptors (Lipinski definition) is 2. The number of aryl methyl sites for hydroxylation is 1. The number of halogens is 1. The minimum atomic E-state index is 0.465. The SMILES string of the molecule is Cc1ccc(Br)cc1CC1COCCN1. The fraction of sp³-hybridized carbons (Fsp3) is 0.500. The molecule has 1 aliphatic rings. The van der Waals surface area contributed by atoms with Crippen molar-refractivity contribution in [2.75, 3.05) is 19.8 Å². The molecule has 1 saturated heterocycles. The van der Waals surface area contributed by atoms with E-state index in [1.165, 1.54) is 11.1 Å². The molecule has 0 radical (unpaired) electrons. The van der Waals surface area contributed by atoms with E-state index in [4.69, 9.17) is 4.74 Å². The van der Waals surface area contributed by atoms with E-state index in [0.29, 0.717) is 6.04 Å². The summed E-state index contributed by atoms with van der Waals surface area (Å²) in [5, 5.41) is 3.47. The van der Waals surface area contributed by atoms with Crippen molar-refractivity contribution in [3.8, 4) is 0 Å². The summed E-state index contributed by atoms with van der Waals surface area (Å²) in [5.41, 5.74) is 2.75. The molecule has 0 spiro atoms. The van der Waals surface area contributed by atoms with Crippen LogP contribution in [0.25, 0.3) is 0 Å². The molecule has 0 bridgehead atoms. The monoisotopic (exact) mass is 269 g/mol. The van der Waals surface area contributed by atoms with Gasteiger partial charge in [0.05, 0.1) is 13.2 Å². The van der Waals surface area contributed by atoms with Gasteiger partial charge < -0.3 is 10.1 Å². The zero-order valence-corrected chi connectivity index (χ0v) is 10.5. The Morgan fingerprint density at radius 2 is 2.40 bits per heavy atom. The van der Waals surface area contributed by atoms with Crippen LogP contribution in [0.15, 0.2) is 22.7 Å². The molecule has 2 nitrogen and oxygen atoms in total. The van der Waals surface area contributed by atoms with Gasteiger partial charge in [0.25, 0.3) is 0 Å². The molecule has 1 aliphatic heterocycles. The standard InChI is InChI=1S/C12H16BrNO/c1-9-2-3-11(13)6-10(9)7-12-8-15-5-4-14-12/h2-3,6,12,14H,4-5,7-8H2,1H3. The molecule has 0 aliphatic carbocycles. The Hall–Kier alpha value is -0.380. The molecule has 2 rings (SSSR count). The summed E-state index contributed by atoms with van der Waals surface area (Å²) in [6, 6.07) is 6.91. The molecule has 0 aromatic heterocycles. The minimum absolute atomic E-state index is 0.465. The Balaban J connectivity index is 2.05. The van der Waals surface area contributed by atoms with Crippen molar-refractivity contribution in [3.05, 3.63) is 33.8 Å². The van der Waals surface area contributed by atoms with Gasteiger partial charge in [-0.25, -0.2) is 0 Å². The van der Waals surface area contributed by atoms with E-state index in [0.717, 1.165) is 30.7 Å². The first kappa shape index (κ1) is 11.1. The fourth-order valence-electron chi connectivity index (χ4n) is 1.88. The van der Waals surface area contributed by atoms with E-state index in [9.17, 15) is 0 Å². The third kappa shape index (κ3) is 3.03. The van der Waals surface area contributed by atoms with Crippen molar-refractivity contribution in [2.45, 2.75) is 19.4 Å². The molecule has 1 fully saturated rings. The van der Waals surface area contributed by atoms with Crippen molar-refractivity contribution in [2.24, 2.45) is 0 Å². The number of hydrogen-bond donors (Lipinski definition) is 1. The normalized spacial score (nSPS) is 21.6. The van der Waals surface area contributed by atoms with Gasteiger partial charge in [-0.3, -0.25) is 0 Å². The maximum Gasteiger partial charge on any atom is 0.0623 e. The third-order valence-electron chi connectivity index (χ3n) is 2.78. The van der Waals surface area contributed by atoms with Crippen LogP contribution in [-0.2, 0) is 11.2 Å². The van der Waals surface area contributed by atoms with Crippen LogP contribution >= 0.6 is 15.9 Å². The summed E-state index contributed by atoms with van der Waals surface area (Å²) in [4.78, 5) is 0. The number of rotatable bonds is 2. The third-order valence-corrected chi connectivity index (χ3v) is 3.27. The molecular weight excluding hydrogens is 254 g/mol. The van der Waals surface area contributed by atoms with E-state index in [1.54, 1.807) is 0 Å². The fourth-order valence-corrected chi connectivity index (χ4v) is 2.28. The molecule has 1 heterocycles. The summed E-state index contributed by atoms with van der Waals surface area (Å²) >= 11 is 3.51. The van der Waals surface area contributed by atoms with Gasteiger partial charge in [0.1, 0.15) is 0 Å². The van der Waals surface area contributed by atoms with Gasteiger partial charge in [-0.05, 0) is 36.6 Å². The van der Waals surface area contributed by atoms with E-state index in [1.807, 2.05) is 0 Å². The lowest BCUT2D eigenvalue weighted by Gasteiger charge is -2.24.